The van der Waals surface area contributed by atoms with Crippen LogP contribution < -0.4 is 10.6 Å². The van der Waals surface area contributed by atoms with Crippen molar-refractivity contribution in [1.82, 2.24) is 10.6 Å². The van der Waals surface area contributed by atoms with E-state index in [9.17, 15) is 15.0 Å². The van der Waals surface area contributed by atoms with Crippen LogP contribution in [0.5, 0.6) is 0 Å². The highest BCUT2D eigenvalue weighted by Crippen LogP contribution is 2.24. The number of hydrogen-bond donors (Lipinski definition) is 4. The second-order valence-corrected chi connectivity index (χ2v) is 9.17. The molecule has 1 fully saturated rings. The third-order valence-corrected chi connectivity index (χ3v) is 6.59. The zero-order valence-electron chi connectivity index (χ0n) is 19.4. The van der Waals surface area contributed by atoms with E-state index >= 15 is 0 Å². The Bertz CT molecular complexity index is 596. The van der Waals surface area contributed by atoms with E-state index in [2.05, 4.69) is 17.6 Å². The van der Waals surface area contributed by atoms with E-state index in [1.54, 1.807) is 12.1 Å². The Balaban J connectivity index is 1.66. The molecule has 0 unspecified atom stereocenters. The lowest BCUT2D eigenvalue weighted by Gasteiger charge is -2.31. The Hall–Kier alpha value is -1.43. The molecule has 1 aliphatic heterocycles. The summed E-state index contributed by atoms with van der Waals surface area (Å²) < 4.78 is 0. The van der Waals surface area contributed by atoms with Crippen molar-refractivity contribution in [3.05, 3.63) is 35.9 Å². The monoisotopic (exact) mass is 432 g/mol. The number of carbonyl (C=O) groups excluding carboxylic acids is 1. The van der Waals surface area contributed by atoms with Crippen LogP contribution in [0.25, 0.3) is 0 Å². The molecule has 1 amide bonds. The van der Waals surface area contributed by atoms with E-state index in [-0.39, 0.29) is 18.6 Å². The fourth-order valence-electron chi connectivity index (χ4n) is 4.59. The van der Waals surface area contributed by atoms with E-state index in [0.29, 0.717) is 11.5 Å². The van der Waals surface area contributed by atoms with Gasteiger partial charge in [-0.2, -0.15) is 0 Å². The van der Waals surface area contributed by atoms with Gasteiger partial charge in [-0.25, -0.2) is 0 Å². The molecule has 4 N–H and O–H groups in total. The summed E-state index contributed by atoms with van der Waals surface area (Å²) in [4.78, 5) is 12.8. The van der Waals surface area contributed by atoms with Gasteiger partial charge in [-0.15, -0.1) is 0 Å². The van der Waals surface area contributed by atoms with E-state index in [1.807, 2.05) is 18.2 Å². The van der Waals surface area contributed by atoms with E-state index in [0.717, 1.165) is 19.4 Å². The second kappa shape index (κ2) is 15.4. The van der Waals surface area contributed by atoms with Gasteiger partial charge in [-0.3, -0.25) is 4.79 Å². The lowest BCUT2D eigenvalue weighted by atomic mass is 9.87. The first-order chi connectivity index (χ1) is 15.2. The van der Waals surface area contributed by atoms with Crippen LogP contribution in [0.15, 0.2) is 30.3 Å². The number of hydrogen-bond acceptors (Lipinski definition) is 4. The van der Waals surface area contributed by atoms with Gasteiger partial charge >= 0.3 is 0 Å². The maximum atomic E-state index is 12.8. The van der Waals surface area contributed by atoms with Gasteiger partial charge in [0.05, 0.1) is 18.7 Å². The summed E-state index contributed by atoms with van der Waals surface area (Å²) in [7, 11) is 0. The van der Waals surface area contributed by atoms with Gasteiger partial charge in [0, 0.05) is 0 Å². The molecule has 0 aromatic heterocycles. The van der Waals surface area contributed by atoms with E-state index < -0.39 is 12.1 Å². The predicted octanol–water partition coefficient (Wildman–Crippen LogP) is 4.49. The maximum Gasteiger partial charge on any atom is 0.237 e. The molecule has 1 aliphatic rings. The lowest BCUT2D eigenvalue weighted by molar-refractivity contribution is -0.126. The van der Waals surface area contributed by atoms with Gasteiger partial charge in [-0.05, 0) is 30.9 Å². The van der Waals surface area contributed by atoms with Crippen LogP contribution >= 0.6 is 0 Å². The average Bonchev–Trinajstić information content (AvgIpc) is 2.81. The molecule has 0 radical (unpaired) electrons. The number of unbranched alkanes of at least 4 members (excludes halogenated alkanes) is 8. The SMILES string of the molecule is CCCCCCCCCCC[C@@H]1CCN[C@H](C(=O)N[C@@H](CO)[C@@H](O)c2ccccc2)C1. The maximum absolute atomic E-state index is 12.8. The van der Waals surface area contributed by atoms with Crippen molar-refractivity contribution in [2.45, 2.75) is 102 Å². The van der Waals surface area contributed by atoms with Crippen LogP contribution in [-0.2, 0) is 4.79 Å². The molecule has 5 heteroatoms. The van der Waals surface area contributed by atoms with Crippen molar-refractivity contribution >= 4 is 5.91 Å². The number of aliphatic hydroxyl groups is 2. The standard InChI is InChI=1S/C26H44N2O3/c1-2-3-4-5-6-7-8-9-11-14-21-17-18-27-23(19-21)26(31)28-24(20-29)25(30)22-15-12-10-13-16-22/h10,12-13,15-16,21,23-25,27,29-30H,2-9,11,14,17-20H2,1H3,(H,28,31)/t21-,23+,24+,25+/m1/s1. The Morgan fingerprint density at radius 3 is 2.35 bits per heavy atom. The summed E-state index contributed by atoms with van der Waals surface area (Å²) in [5.74, 6) is 0.457. The van der Waals surface area contributed by atoms with Crippen molar-refractivity contribution < 1.29 is 15.0 Å². The minimum absolute atomic E-state index is 0.120. The van der Waals surface area contributed by atoms with Crippen molar-refractivity contribution in [3.8, 4) is 0 Å². The summed E-state index contributed by atoms with van der Waals surface area (Å²) >= 11 is 0. The summed E-state index contributed by atoms with van der Waals surface area (Å²) in [6.07, 6.45) is 14.3. The summed E-state index contributed by atoms with van der Waals surface area (Å²) in [5.41, 5.74) is 0.696. The van der Waals surface area contributed by atoms with Gasteiger partial charge < -0.3 is 20.8 Å². The van der Waals surface area contributed by atoms with Gasteiger partial charge in [0.15, 0.2) is 0 Å². The first-order valence-corrected chi connectivity index (χ1v) is 12.5. The highest BCUT2D eigenvalue weighted by molar-refractivity contribution is 5.82. The van der Waals surface area contributed by atoms with Crippen molar-refractivity contribution in [3.63, 3.8) is 0 Å². The van der Waals surface area contributed by atoms with Crippen LogP contribution in [0.2, 0.25) is 0 Å². The lowest BCUT2D eigenvalue weighted by Crippen LogP contribution is -2.53. The zero-order valence-corrected chi connectivity index (χ0v) is 19.4. The highest BCUT2D eigenvalue weighted by atomic mass is 16.3. The zero-order chi connectivity index (χ0) is 22.3. The summed E-state index contributed by atoms with van der Waals surface area (Å²) in [5, 5.41) is 26.4. The molecule has 1 saturated heterocycles. The molecule has 1 heterocycles. The number of carbonyl (C=O) groups is 1. The minimum atomic E-state index is -0.920. The number of nitrogens with one attached hydrogen (secondary N) is 2. The quantitative estimate of drug-likeness (QED) is 0.308. The Morgan fingerprint density at radius 1 is 1.06 bits per heavy atom. The fourth-order valence-corrected chi connectivity index (χ4v) is 4.59. The molecular weight excluding hydrogens is 388 g/mol. The molecule has 0 bridgehead atoms. The van der Waals surface area contributed by atoms with E-state index in [4.69, 9.17) is 0 Å². The Labute approximate surface area is 189 Å². The van der Waals surface area contributed by atoms with Crippen LogP contribution in [0.1, 0.15) is 95.6 Å². The molecule has 176 valence electrons. The molecule has 2 rings (SSSR count). The van der Waals surface area contributed by atoms with Crippen molar-refractivity contribution in [2.24, 2.45) is 5.92 Å². The molecule has 31 heavy (non-hydrogen) atoms. The van der Waals surface area contributed by atoms with Crippen LogP contribution in [0, 0.1) is 5.92 Å². The Morgan fingerprint density at radius 2 is 1.71 bits per heavy atom. The van der Waals surface area contributed by atoms with Crippen molar-refractivity contribution in [1.29, 1.82) is 0 Å². The molecule has 0 aliphatic carbocycles. The Kier molecular flexibility index (Phi) is 12.8. The largest absolute Gasteiger partial charge is 0.394 e. The average molecular weight is 433 g/mol. The third kappa shape index (κ3) is 9.71. The number of piperidine rings is 1. The molecule has 5 nitrogen and oxygen atoms in total. The number of aliphatic hydroxyl groups excluding tert-OH is 2. The molecule has 0 spiro atoms. The molecule has 1 aromatic carbocycles. The third-order valence-electron chi connectivity index (χ3n) is 6.59. The summed E-state index contributed by atoms with van der Waals surface area (Å²) in [6, 6.07) is 8.23. The highest BCUT2D eigenvalue weighted by Gasteiger charge is 2.30. The summed E-state index contributed by atoms with van der Waals surface area (Å²) in [6.45, 7) is 2.82. The second-order valence-electron chi connectivity index (χ2n) is 9.17. The molecule has 1 aromatic rings. The number of benzene rings is 1. The van der Waals surface area contributed by atoms with Gasteiger partial charge in [0.2, 0.25) is 5.91 Å². The first-order valence-electron chi connectivity index (χ1n) is 12.5. The van der Waals surface area contributed by atoms with E-state index in [1.165, 1.54) is 64.2 Å². The topological polar surface area (TPSA) is 81.6 Å². The molecule has 4 atom stereocenters. The normalized spacial score (nSPS) is 20.9. The van der Waals surface area contributed by atoms with Crippen molar-refractivity contribution in [2.75, 3.05) is 13.2 Å². The van der Waals surface area contributed by atoms with Crippen LogP contribution in [-0.4, -0.2) is 41.4 Å². The first kappa shape index (κ1) is 25.8. The molecular formula is C26H44N2O3. The smallest absolute Gasteiger partial charge is 0.237 e. The van der Waals surface area contributed by atoms with Gasteiger partial charge in [-0.1, -0.05) is 101 Å². The van der Waals surface area contributed by atoms with Crippen LogP contribution in [0.4, 0.5) is 0 Å². The van der Waals surface area contributed by atoms with Gasteiger partial charge in [0.1, 0.15) is 6.10 Å². The minimum Gasteiger partial charge on any atom is -0.394 e. The predicted molar refractivity (Wildman–Crippen MR) is 127 cm³/mol. The number of rotatable bonds is 15. The number of amides is 1. The van der Waals surface area contributed by atoms with Crippen LogP contribution in [0.3, 0.4) is 0 Å². The molecule has 0 saturated carbocycles. The fraction of sp³-hybridized carbons (Fsp3) is 0.731. The van der Waals surface area contributed by atoms with Gasteiger partial charge in [0.25, 0.3) is 0 Å².